The van der Waals surface area contributed by atoms with Crippen LogP contribution in [0, 0.1) is 19.8 Å². The third-order valence-electron chi connectivity index (χ3n) is 6.47. The van der Waals surface area contributed by atoms with Gasteiger partial charge in [-0.25, -0.2) is 0 Å². The highest BCUT2D eigenvalue weighted by Crippen LogP contribution is 2.43. The number of carbonyl (C=O) groups is 2. The lowest BCUT2D eigenvalue weighted by Crippen LogP contribution is -2.29. The molecular formula is C31H34N2O4. The molecule has 3 aromatic rings. The fraction of sp³-hybridized carbons (Fsp3) is 0.290. The molecule has 1 saturated heterocycles. The third-order valence-corrected chi connectivity index (χ3v) is 6.47. The van der Waals surface area contributed by atoms with Gasteiger partial charge in [0.2, 0.25) is 0 Å². The molecule has 0 bridgehead atoms. The molecule has 192 valence electrons. The second kappa shape index (κ2) is 10.5. The fourth-order valence-electron chi connectivity index (χ4n) is 4.54. The molecule has 1 N–H and O–H groups in total. The highest BCUT2D eigenvalue weighted by atomic mass is 16.5. The topological polar surface area (TPSA) is 70.1 Å². The van der Waals surface area contributed by atoms with Gasteiger partial charge in [0.05, 0.1) is 18.2 Å². The predicted octanol–water partition coefficient (Wildman–Crippen LogP) is 6.03. The van der Waals surface area contributed by atoms with Crippen LogP contribution in [0.15, 0.2) is 72.3 Å². The number of benzene rings is 3. The lowest BCUT2D eigenvalue weighted by molar-refractivity contribution is -0.132. The summed E-state index contributed by atoms with van der Waals surface area (Å²) in [6.45, 7) is 8.59. The van der Waals surface area contributed by atoms with Gasteiger partial charge >= 0.3 is 0 Å². The van der Waals surface area contributed by atoms with E-state index in [0.29, 0.717) is 23.8 Å². The number of nitrogens with zero attached hydrogens (tertiary/aromatic N) is 2. The highest BCUT2D eigenvalue weighted by Gasteiger charge is 2.47. The maximum atomic E-state index is 13.4. The van der Waals surface area contributed by atoms with Gasteiger partial charge in [-0.05, 0) is 73.4 Å². The van der Waals surface area contributed by atoms with Gasteiger partial charge in [-0.3, -0.25) is 14.5 Å². The first-order valence-corrected chi connectivity index (χ1v) is 12.5. The van der Waals surface area contributed by atoms with Crippen molar-refractivity contribution >= 4 is 28.8 Å². The van der Waals surface area contributed by atoms with Crippen LogP contribution in [0.5, 0.6) is 5.75 Å². The molecule has 0 aliphatic carbocycles. The summed E-state index contributed by atoms with van der Waals surface area (Å²) in [7, 11) is 3.88. The van der Waals surface area contributed by atoms with Crippen LogP contribution in [0.3, 0.4) is 0 Å². The zero-order valence-corrected chi connectivity index (χ0v) is 22.3. The van der Waals surface area contributed by atoms with Crippen LogP contribution in [-0.2, 0) is 9.59 Å². The Morgan fingerprint density at radius 2 is 1.70 bits per heavy atom. The fourth-order valence-corrected chi connectivity index (χ4v) is 4.54. The molecule has 0 saturated carbocycles. The lowest BCUT2D eigenvalue weighted by Gasteiger charge is -2.26. The van der Waals surface area contributed by atoms with E-state index >= 15 is 0 Å². The summed E-state index contributed by atoms with van der Waals surface area (Å²) in [5.41, 5.74) is 4.69. The standard InChI is InChI=1S/C31H34N2O4/c1-19(2)18-37-26-15-10-23(17-21(26)4)29(34)27-28(22-9-7-8-20(3)16-22)33(31(36)30(27)35)25-13-11-24(12-14-25)32(5)6/h7-17,19,28,34H,18H2,1-6H3/b29-27-. The van der Waals surface area contributed by atoms with Crippen molar-refractivity contribution in [3.05, 3.63) is 94.6 Å². The molecule has 1 fully saturated rings. The van der Waals surface area contributed by atoms with E-state index in [-0.39, 0.29) is 11.3 Å². The summed E-state index contributed by atoms with van der Waals surface area (Å²) in [5.74, 6) is -0.472. The van der Waals surface area contributed by atoms with Crippen molar-refractivity contribution in [2.24, 2.45) is 5.92 Å². The monoisotopic (exact) mass is 498 g/mol. The first-order valence-electron chi connectivity index (χ1n) is 12.5. The number of amides is 1. The van der Waals surface area contributed by atoms with Gasteiger partial charge in [0.25, 0.3) is 11.7 Å². The Kier molecular flexibility index (Phi) is 7.39. The molecular weight excluding hydrogens is 464 g/mol. The molecule has 6 heteroatoms. The summed E-state index contributed by atoms with van der Waals surface area (Å²) in [5, 5.41) is 11.5. The SMILES string of the molecule is Cc1cccc(C2/C(=C(/O)c3ccc(OCC(C)C)c(C)c3)C(=O)C(=O)N2c2ccc(N(C)C)cc2)c1. The van der Waals surface area contributed by atoms with Crippen molar-refractivity contribution in [2.75, 3.05) is 30.5 Å². The first kappa shape index (κ1) is 26.0. The third kappa shape index (κ3) is 5.24. The summed E-state index contributed by atoms with van der Waals surface area (Å²) in [6.07, 6.45) is 0. The van der Waals surface area contributed by atoms with Crippen LogP contribution in [0.25, 0.3) is 5.76 Å². The van der Waals surface area contributed by atoms with E-state index < -0.39 is 17.7 Å². The number of rotatable bonds is 7. The number of aliphatic hydroxyl groups is 1. The summed E-state index contributed by atoms with van der Waals surface area (Å²) >= 11 is 0. The number of Topliss-reactive ketones (excluding diaryl/α,β-unsaturated/α-hetero) is 1. The van der Waals surface area contributed by atoms with Gasteiger partial charge in [0, 0.05) is 31.0 Å². The van der Waals surface area contributed by atoms with Crippen molar-refractivity contribution < 1.29 is 19.4 Å². The molecule has 1 amide bonds. The number of hydrogen-bond acceptors (Lipinski definition) is 5. The minimum atomic E-state index is -0.762. The Bertz CT molecular complexity index is 1360. The van der Waals surface area contributed by atoms with E-state index in [1.54, 1.807) is 18.2 Å². The van der Waals surface area contributed by atoms with Crippen molar-refractivity contribution in [3.8, 4) is 5.75 Å². The quantitative estimate of drug-likeness (QED) is 0.245. The van der Waals surface area contributed by atoms with Crippen LogP contribution in [-0.4, -0.2) is 37.5 Å². The van der Waals surface area contributed by atoms with E-state index in [9.17, 15) is 14.7 Å². The van der Waals surface area contributed by atoms with Crippen molar-refractivity contribution in [1.29, 1.82) is 0 Å². The molecule has 4 rings (SSSR count). The van der Waals surface area contributed by atoms with E-state index in [4.69, 9.17) is 4.74 Å². The second-order valence-corrected chi connectivity index (χ2v) is 10.2. The summed E-state index contributed by atoms with van der Waals surface area (Å²) < 4.78 is 5.87. The van der Waals surface area contributed by atoms with Gasteiger partial charge in [0.1, 0.15) is 11.5 Å². The zero-order valence-electron chi connectivity index (χ0n) is 22.3. The number of ketones is 1. The Morgan fingerprint density at radius 1 is 1.00 bits per heavy atom. The Labute approximate surface area is 218 Å². The average molecular weight is 499 g/mol. The second-order valence-electron chi connectivity index (χ2n) is 10.2. The molecule has 1 aliphatic rings. The van der Waals surface area contributed by atoms with Crippen molar-refractivity contribution in [1.82, 2.24) is 0 Å². The Morgan fingerprint density at radius 3 is 2.30 bits per heavy atom. The molecule has 6 nitrogen and oxygen atoms in total. The highest BCUT2D eigenvalue weighted by molar-refractivity contribution is 6.51. The first-order chi connectivity index (χ1) is 17.6. The van der Waals surface area contributed by atoms with Crippen molar-refractivity contribution in [3.63, 3.8) is 0 Å². The van der Waals surface area contributed by atoms with Crippen LogP contribution in [0.4, 0.5) is 11.4 Å². The Hall–Kier alpha value is -4.06. The van der Waals surface area contributed by atoms with Gasteiger partial charge in [0.15, 0.2) is 0 Å². The molecule has 1 aliphatic heterocycles. The number of anilines is 2. The van der Waals surface area contributed by atoms with E-state index in [1.165, 1.54) is 4.90 Å². The van der Waals surface area contributed by atoms with Gasteiger partial charge in [-0.15, -0.1) is 0 Å². The van der Waals surface area contributed by atoms with Crippen molar-refractivity contribution in [2.45, 2.75) is 33.7 Å². The maximum absolute atomic E-state index is 13.4. The average Bonchev–Trinajstić information content (AvgIpc) is 3.13. The van der Waals surface area contributed by atoms with Crippen LogP contribution >= 0.6 is 0 Å². The van der Waals surface area contributed by atoms with E-state index in [0.717, 1.165) is 28.1 Å². The number of aliphatic hydroxyl groups excluding tert-OH is 1. The van der Waals surface area contributed by atoms with Gasteiger partial charge < -0.3 is 14.7 Å². The zero-order chi connectivity index (χ0) is 26.9. The van der Waals surface area contributed by atoms with Crippen LogP contribution in [0.1, 0.15) is 42.1 Å². The molecule has 3 aromatic carbocycles. The minimum Gasteiger partial charge on any atom is -0.507 e. The Balaban J connectivity index is 1.84. The molecule has 0 aromatic heterocycles. The molecule has 1 atom stereocenters. The largest absolute Gasteiger partial charge is 0.507 e. The van der Waals surface area contributed by atoms with Gasteiger partial charge in [-0.2, -0.15) is 0 Å². The molecule has 1 unspecified atom stereocenters. The maximum Gasteiger partial charge on any atom is 0.300 e. The molecule has 37 heavy (non-hydrogen) atoms. The summed E-state index contributed by atoms with van der Waals surface area (Å²) in [4.78, 5) is 30.3. The van der Waals surface area contributed by atoms with E-state index in [1.807, 2.05) is 81.4 Å². The van der Waals surface area contributed by atoms with Crippen LogP contribution < -0.4 is 14.5 Å². The van der Waals surface area contributed by atoms with Gasteiger partial charge in [-0.1, -0.05) is 43.7 Å². The molecule has 0 radical (unpaired) electrons. The number of hydrogen-bond donors (Lipinski definition) is 1. The number of aryl methyl sites for hydroxylation is 2. The summed E-state index contributed by atoms with van der Waals surface area (Å²) in [6, 6.07) is 19.7. The van der Waals surface area contributed by atoms with Crippen LogP contribution in [0.2, 0.25) is 0 Å². The predicted molar refractivity (Wildman–Crippen MR) is 148 cm³/mol. The number of carbonyl (C=O) groups excluding carboxylic acids is 2. The molecule has 0 spiro atoms. The lowest BCUT2D eigenvalue weighted by atomic mass is 9.94. The number of ether oxygens (including phenoxy) is 1. The normalized spacial score (nSPS) is 16.9. The smallest absolute Gasteiger partial charge is 0.300 e. The minimum absolute atomic E-state index is 0.0718. The van der Waals surface area contributed by atoms with E-state index in [2.05, 4.69) is 13.8 Å². The molecule has 1 heterocycles.